The first-order valence-corrected chi connectivity index (χ1v) is 8.31. The highest BCUT2D eigenvalue weighted by Gasteiger charge is 2.33. The molecule has 0 atom stereocenters. The molecule has 6 heteroatoms. The highest BCUT2D eigenvalue weighted by molar-refractivity contribution is 9.10. The van der Waals surface area contributed by atoms with E-state index in [1.54, 1.807) is 13.2 Å². The molecule has 0 bridgehead atoms. The average molecular weight is 407 g/mol. The number of carbonyl (C=O) groups is 1. The van der Waals surface area contributed by atoms with E-state index >= 15 is 0 Å². The molecular formula is C14H17Br2NO3. The summed E-state index contributed by atoms with van der Waals surface area (Å²) >= 11 is 6.92. The van der Waals surface area contributed by atoms with Gasteiger partial charge >= 0.3 is 0 Å². The first kappa shape index (κ1) is 15.8. The van der Waals surface area contributed by atoms with Crippen LogP contribution < -0.4 is 10.1 Å². The Kier molecular flexibility index (Phi) is 5.46. The topological polar surface area (TPSA) is 47.6 Å². The Morgan fingerprint density at radius 3 is 2.75 bits per heavy atom. The molecule has 1 amide bonds. The minimum atomic E-state index is -0.238. The molecule has 1 aliphatic rings. The lowest BCUT2D eigenvalue weighted by Crippen LogP contribution is -2.53. The third kappa shape index (κ3) is 3.54. The fraction of sp³-hybridized carbons (Fsp3) is 0.500. The van der Waals surface area contributed by atoms with Crippen molar-refractivity contribution < 1.29 is 14.3 Å². The molecule has 1 saturated heterocycles. The van der Waals surface area contributed by atoms with Gasteiger partial charge in [0.05, 0.1) is 18.2 Å². The van der Waals surface area contributed by atoms with Crippen LogP contribution in [0.2, 0.25) is 0 Å². The van der Waals surface area contributed by atoms with Gasteiger partial charge in [0, 0.05) is 23.0 Å². The zero-order valence-electron chi connectivity index (χ0n) is 11.2. The highest BCUT2D eigenvalue weighted by atomic mass is 79.9. The van der Waals surface area contributed by atoms with Crippen molar-refractivity contribution in [1.82, 2.24) is 5.32 Å². The van der Waals surface area contributed by atoms with Crippen molar-refractivity contribution in [3.63, 3.8) is 0 Å². The van der Waals surface area contributed by atoms with Crippen molar-refractivity contribution in [3.8, 4) is 5.75 Å². The number of ether oxygens (including phenoxy) is 2. The van der Waals surface area contributed by atoms with E-state index in [2.05, 4.69) is 37.2 Å². The summed E-state index contributed by atoms with van der Waals surface area (Å²) in [4.78, 5) is 12.5. The zero-order valence-corrected chi connectivity index (χ0v) is 14.4. The van der Waals surface area contributed by atoms with Gasteiger partial charge in [-0.15, -0.1) is 0 Å². The third-order valence-electron chi connectivity index (χ3n) is 3.50. The van der Waals surface area contributed by atoms with Crippen molar-refractivity contribution >= 4 is 37.8 Å². The van der Waals surface area contributed by atoms with Gasteiger partial charge in [0.2, 0.25) is 0 Å². The van der Waals surface area contributed by atoms with Crippen molar-refractivity contribution in [2.75, 3.05) is 25.7 Å². The van der Waals surface area contributed by atoms with E-state index in [9.17, 15) is 4.79 Å². The molecule has 1 aromatic carbocycles. The SMILES string of the molecule is COc1ccc(Br)c(C(=O)NC2(CBr)CCOCC2)c1. The van der Waals surface area contributed by atoms with Crippen LogP contribution in [0.1, 0.15) is 23.2 Å². The van der Waals surface area contributed by atoms with E-state index in [1.807, 2.05) is 12.1 Å². The molecule has 4 nitrogen and oxygen atoms in total. The highest BCUT2D eigenvalue weighted by Crippen LogP contribution is 2.26. The van der Waals surface area contributed by atoms with Gasteiger partial charge in [-0.05, 0) is 47.0 Å². The molecule has 1 heterocycles. The summed E-state index contributed by atoms with van der Waals surface area (Å²) in [6, 6.07) is 5.37. The summed E-state index contributed by atoms with van der Waals surface area (Å²) in [5.41, 5.74) is 0.342. The van der Waals surface area contributed by atoms with Crippen LogP contribution in [0, 0.1) is 0 Å². The second kappa shape index (κ2) is 6.91. The van der Waals surface area contributed by atoms with Crippen LogP contribution in [0.15, 0.2) is 22.7 Å². The summed E-state index contributed by atoms with van der Waals surface area (Å²) < 4.78 is 11.3. The molecule has 0 saturated carbocycles. The van der Waals surface area contributed by atoms with Crippen molar-refractivity contribution in [2.45, 2.75) is 18.4 Å². The number of carbonyl (C=O) groups excluding carboxylic acids is 1. The number of amides is 1. The Hall–Kier alpha value is -0.590. The smallest absolute Gasteiger partial charge is 0.253 e. The lowest BCUT2D eigenvalue weighted by atomic mass is 9.92. The maximum absolute atomic E-state index is 12.5. The minimum absolute atomic E-state index is 0.0999. The van der Waals surface area contributed by atoms with Crippen LogP contribution in [0.25, 0.3) is 0 Å². The van der Waals surface area contributed by atoms with Gasteiger partial charge in [0.1, 0.15) is 5.75 Å². The molecule has 0 unspecified atom stereocenters. The fourth-order valence-electron chi connectivity index (χ4n) is 2.17. The van der Waals surface area contributed by atoms with Crippen LogP contribution in [0.5, 0.6) is 5.75 Å². The van der Waals surface area contributed by atoms with Gasteiger partial charge in [-0.3, -0.25) is 4.79 Å². The van der Waals surface area contributed by atoms with Crippen LogP contribution in [0.4, 0.5) is 0 Å². The van der Waals surface area contributed by atoms with Crippen LogP contribution >= 0.6 is 31.9 Å². The number of nitrogens with one attached hydrogen (secondary N) is 1. The fourth-order valence-corrected chi connectivity index (χ4v) is 3.30. The Labute approximate surface area is 135 Å². The number of alkyl halides is 1. The first-order chi connectivity index (χ1) is 9.60. The van der Waals surface area contributed by atoms with Gasteiger partial charge in [0.15, 0.2) is 0 Å². The molecule has 1 aliphatic heterocycles. The largest absolute Gasteiger partial charge is 0.497 e. The van der Waals surface area contributed by atoms with E-state index in [0.717, 1.165) is 22.6 Å². The van der Waals surface area contributed by atoms with Gasteiger partial charge in [-0.25, -0.2) is 0 Å². The van der Waals surface area contributed by atoms with Gasteiger partial charge in [-0.1, -0.05) is 15.9 Å². The molecule has 0 radical (unpaired) electrons. The lowest BCUT2D eigenvalue weighted by molar-refractivity contribution is 0.0441. The minimum Gasteiger partial charge on any atom is -0.497 e. The summed E-state index contributed by atoms with van der Waals surface area (Å²) in [5, 5.41) is 3.86. The van der Waals surface area contributed by atoms with Crippen LogP contribution in [0.3, 0.4) is 0 Å². The van der Waals surface area contributed by atoms with Gasteiger partial charge in [-0.2, -0.15) is 0 Å². The molecule has 0 aromatic heterocycles. The monoisotopic (exact) mass is 405 g/mol. The second-order valence-electron chi connectivity index (χ2n) is 4.83. The predicted molar refractivity (Wildman–Crippen MR) is 84.7 cm³/mol. The van der Waals surface area contributed by atoms with Crippen molar-refractivity contribution in [1.29, 1.82) is 0 Å². The third-order valence-corrected chi connectivity index (χ3v) is 5.27. The number of halogens is 2. The number of hydrogen-bond donors (Lipinski definition) is 1. The molecule has 1 N–H and O–H groups in total. The van der Waals surface area contributed by atoms with Crippen molar-refractivity contribution in [2.24, 2.45) is 0 Å². The average Bonchev–Trinajstić information content (AvgIpc) is 2.48. The Morgan fingerprint density at radius 2 is 2.15 bits per heavy atom. The normalized spacial score (nSPS) is 17.6. The van der Waals surface area contributed by atoms with Crippen LogP contribution in [-0.2, 0) is 4.74 Å². The Balaban J connectivity index is 2.18. The quantitative estimate of drug-likeness (QED) is 0.781. The summed E-state index contributed by atoms with van der Waals surface area (Å²) in [5.74, 6) is 0.565. The van der Waals surface area contributed by atoms with E-state index in [4.69, 9.17) is 9.47 Å². The second-order valence-corrected chi connectivity index (χ2v) is 6.24. The predicted octanol–water partition coefficient (Wildman–Crippen LogP) is 3.13. The van der Waals surface area contributed by atoms with Gasteiger partial charge in [0.25, 0.3) is 5.91 Å². The first-order valence-electron chi connectivity index (χ1n) is 6.40. The molecule has 20 heavy (non-hydrogen) atoms. The summed E-state index contributed by atoms with van der Waals surface area (Å²) in [6.07, 6.45) is 1.62. The van der Waals surface area contributed by atoms with Gasteiger partial charge < -0.3 is 14.8 Å². The summed E-state index contributed by atoms with van der Waals surface area (Å²) in [7, 11) is 1.59. The molecule has 0 aliphatic carbocycles. The summed E-state index contributed by atoms with van der Waals surface area (Å²) in [6.45, 7) is 1.34. The molecule has 1 fully saturated rings. The maximum atomic E-state index is 12.5. The number of methoxy groups -OCH3 is 1. The molecule has 1 aromatic rings. The molecule has 0 spiro atoms. The van der Waals surface area contributed by atoms with E-state index in [-0.39, 0.29) is 11.4 Å². The number of rotatable bonds is 4. The standard InChI is InChI=1S/C14H17Br2NO3/c1-19-10-2-3-12(16)11(8-10)13(18)17-14(9-15)4-6-20-7-5-14/h2-3,8H,4-7,9H2,1H3,(H,17,18). The maximum Gasteiger partial charge on any atom is 0.253 e. The molecular weight excluding hydrogens is 390 g/mol. The number of hydrogen-bond acceptors (Lipinski definition) is 3. The van der Waals surface area contributed by atoms with Crippen molar-refractivity contribution in [3.05, 3.63) is 28.2 Å². The van der Waals surface area contributed by atoms with Crippen LogP contribution in [-0.4, -0.2) is 37.1 Å². The Morgan fingerprint density at radius 1 is 1.45 bits per heavy atom. The van der Waals surface area contributed by atoms with E-state index in [0.29, 0.717) is 24.5 Å². The van der Waals surface area contributed by atoms with E-state index < -0.39 is 0 Å². The number of benzene rings is 1. The molecule has 110 valence electrons. The Bertz CT molecular complexity index is 487. The molecule has 2 rings (SSSR count). The lowest BCUT2D eigenvalue weighted by Gasteiger charge is -2.36. The van der Waals surface area contributed by atoms with E-state index in [1.165, 1.54) is 0 Å². The zero-order chi connectivity index (χ0) is 14.6.